The number of hydrogen-bond donors (Lipinski definition) is 1. The number of carbonyl (C=O) groups is 1. The third-order valence-corrected chi connectivity index (χ3v) is 5.08. The molecule has 128 valence electrons. The van der Waals surface area contributed by atoms with Crippen molar-refractivity contribution in [1.29, 1.82) is 0 Å². The van der Waals surface area contributed by atoms with Gasteiger partial charge in [0.25, 0.3) is 0 Å². The second-order valence-corrected chi connectivity index (χ2v) is 6.46. The van der Waals surface area contributed by atoms with E-state index < -0.39 is 0 Å². The van der Waals surface area contributed by atoms with Crippen molar-refractivity contribution in [2.24, 2.45) is 0 Å². The van der Waals surface area contributed by atoms with E-state index in [1.165, 1.54) is 0 Å². The van der Waals surface area contributed by atoms with Crippen molar-refractivity contribution in [3.8, 4) is 11.5 Å². The molecule has 1 aromatic carbocycles. The van der Waals surface area contributed by atoms with E-state index in [1.54, 1.807) is 33.0 Å². The minimum atomic E-state index is -0.0651. The number of likely N-dealkylation sites (N-methyl/N-ethyl adjacent to an activating group) is 1. The summed E-state index contributed by atoms with van der Waals surface area (Å²) in [6, 6.07) is 3.97. The minimum Gasteiger partial charge on any atom is -0.496 e. The van der Waals surface area contributed by atoms with E-state index in [0.717, 1.165) is 47.8 Å². The first kappa shape index (κ1) is 17.9. The summed E-state index contributed by atoms with van der Waals surface area (Å²) in [6.45, 7) is 1.61. The Kier molecular flexibility index (Phi) is 6.59. The lowest BCUT2D eigenvalue weighted by atomic mass is 10.00. The molecule has 0 bridgehead atoms. The van der Waals surface area contributed by atoms with Gasteiger partial charge in [0.15, 0.2) is 0 Å². The molecule has 5 nitrogen and oxygen atoms in total. The Hall–Kier alpha value is -1.40. The Bertz CT molecular complexity index is 551. The Morgan fingerprint density at radius 2 is 2.04 bits per heavy atom. The highest BCUT2D eigenvalue weighted by Gasteiger charge is 2.28. The molecule has 1 amide bonds. The molecule has 1 heterocycles. The maximum atomic E-state index is 12.1. The van der Waals surface area contributed by atoms with E-state index in [0.29, 0.717) is 6.54 Å². The molecule has 1 N–H and O–H groups in total. The molecule has 23 heavy (non-hydrogen) atoms. The van der Waals surface area contributed by atoms with E-state index in [-0.39, 0.29) is 11.9 Å². The zero-order valence-electron chi connectivity index (χ0n) is 14.3. The third-order valence-electron chi connectivity index (χ3n) is 4.32. The average molecular weight is 338 g/mol. The number of amides is 1. The third kappa shape index (κ3) is 4.12. The molecule has 1 unspecified atom stereocenters. The molecule has 0 radical (unpaired) electrons. The van der Waals surface area contributed by atoms with E-state index in [1.807, 2.05) is 18.4 Å². The van der Waals surface area contributed by atoms with Gasteiger partial charge in [-0.15, -0.1) is 11.8 Å². The van der Waals surface area contributed by atoms with Crippen LogP contribution in [-0.4, -0.2) is 50.9 Å². The molecule has 1 aliphatic rings. The van der Waals surface area contributed by atoms with Gasteiger partial charge in [-0.3, -0.25) is 9.69 Å². The van der Waals surface area contributed by atoms with Crippen molar-refractivity contribution in [3.05, 3.63) is 17.7 Å². The second kappa shape index (κ2) is 8.45. The fourth-order valence-electron chi connectivity index (χ4n) is 3.08. The summed E-state index contributed by atoms with van der Waals surface area (Å²) in [7, 11) is 5.06. The summed E-state index contributed by atoms with van der Waals surface area (Å²) >= 11 is 1.63. The normalized spacial score (nSPS) is 18.5. The number of carbonyl (C=O) groups excluding carboxylic acids is 1. The highest BCUT2D eigenvalue weighted by atomic mass is 32.2. The van der Waals surface area contributed by atoms with Crippen LogP contribution in [0.3, 0.4) is 0 Å². The number of thioether (sulfide) groups is 1. The predicted octanol–water partition coefficient (Wildman–Crippen LogP) is 2.53. The average Bonchev–Trinajstić information content (AvgIpc) is 2.61. The Morgan fingerprint density at radius 3 is 2.65 bits per heavy atom. The van der Waals surface area contributed by atoms with Crippen molar-refractivity contribution >= 4 is 17.7 Å². The van der Waals surface area contributed by atoms with Crippen LogP contribution in [0.25, 0.3) is 0 Å². The number of nitrogens with one attached hydrogen (secondary N) is 1. The number of benzene rings is 1. The second-order valence-electron chi connectivity index (χ2n) is 5.62. The fraction of sp³-hybridized carbons (Fsp3) is 0.588. The van der Waals surface area contributed by atoms with E-state index in [9.17, 15) is 4.79 Å². The number of ether oxygens (including phenoxy) is 2. The SMILES string of the molecule is CNC(=O)C1CCCCN1Cc1cc(OC)c(SC)cc1OC. The molecule has 1 fully saturated rings. The molecular weight excluding hydrogens is 312 g/mol. The van der Waals surface area contributed by atoms with Crippen molar-refractivity contribution in [3.63, 3.8) is 0 Å². The highest BCUT2D eigenvalue weighted by Crippen LogP contribution is 2.35. The number of piperidine rings is 1. The molecular formula is C17H26N2O3S. The lowest BCUT2D eigenvalue weighted by Gasteiger charge is -2.34. The van der Waals surface area contributed by atoms with E-state index in [2.05, 4.69) is 10.2 Å². The van der Waals surface area contributed by atoms with Crippen molar-refractivity contribution < 1.29 is 14.3 Å². The summed E-state index contributed by atoms with van der Waals surface area (Å²) in [6.07, 6.45) is 5.14. The first-order valence-corrected chi connectivity index (χ1v) is 9.11. The topological polar surface area (TPSA) is 50.8 Å². The standard InChI is InChI=1S/C17H26N2O3S/c1-18-17(20)13-7-5-6-8-19(13)11-12-9-15(22-3)16(23-4)10-14(12)21-2/h9-10,13H,5-8,11H2,1-4H3,(H,18,20). The lowest BCUT2D eigenvalue weighted by molar-refractivity contribution is -0.127. The zero-order valence-corrected chi connectivity index (χ0v) is 15.2. The van der Waals surface area contributed by atoms with Gasteiger partial charge in [-0.1, -0.05) is 6.42 Å². The first-order chi connectivity index (χ1) is 11.1. The molecule has 1 atom stereocenters. The Morgan fingerprint density at radius 1 is 1.30 bits per heavy atom. The van der Waals surface area contributed by atoms with Crippen LogP contribution in [0.4, 0.5) is 0 Å². The summed E-state index contributed by atoms with van der Waals surface area (Å²) in [4.78, 5) is 15.4. The quantitative estimate of drug-likeness (QED) is 0.808. The zero-order chi connectivity index (χ0) is 16.8. The summed E-state index contributed by atoms with van der Waals surface area (Å²) in [5.41, 5.74) is 1.05. The van der Waals surface area contributed by atoms with Crippen molar-refractivity contribution in [2.45, 2.75) is 36.7 Å². The molecule has 1 saturated heterocycles. The number of hydrogen-bond acceptors (Lipinski definition) is 5. The van der Waals surface area contributed by atoms with Crippen molar-refractivity contribution in [1.82, 2.24) is 10.2 Å². The van der Waals surface area contributed by atoms with Gasteiger partial charge in [-0.2, -0.15) is 0 Å². The lowest BCUT2D eigenvalue weighted by Crippen LogP contribution is -2.48. The molecule has 1 aliphatic heterocycles. The van der Waals surface area contributed by atoms with E-state index in [4.69, 9.17) is 9.47 Å². The molecule has 0 spiro atoms. The summed E-state index contributed by atoms with van der Waals surface area (Å²) in [5, 5.41) is 2.78. The van der Waals surface area contributed by atoms with Crippen LogP contribution in [0.15, 0.2) is 17.0 Å². The summed E-state index contributed by atoms with van der Waals surface area (Å²) < 4.78 is 11.0. The van der Waals surface area contributed by atoms with Gasteiger partial charge in [0.05, 0.1) is 25.2 Å². The first-order valence-electron chi connectivity index (χ1n) is 7.89. The van der Waals surface area contributed by atoms with Gasteiger partial charge in [0, 0.05) is 19.2 Å². The largest absolute Gasteiger partial charge is 0.496 e. The van der Waals surface area contributed by atoms with Gasteiger partial charge >= 0.3 is 0 Å². The van der Waals surface area contributed by atoms with Gasteiger partial charge < -0.3 is 14.8 Å². The highest BCUT2D eigenvalue weighted by molar-refractivity contribution is 7.98. The van der Waals surface area contributed by atoms with Crippen LogP contribution in [-0.2, 0) is 11.3 Å². The van der Waals surface area contributed by atoms with Crippen LogP contribution in [0.1, 0.15) is 24.8 Å². The number of methoxy groups -OCH3 is 2. The smallest absolute Gasteiger partial charge is 0.237 e. The van der Waals surface area contributed by atoms with E-state index >= 15 is 0 Å². The van der Waals surface area contributed by atoms with Gasteiger partial charge in [0.2, 0.25) is 5.91 Å². The fourth-order valence-corrected chi connectivity index (χ4v) is 3.65. The predicted molar refractivity (Wildman–Crippen MR) is 93.4 cm³/mol. The van der Waals surface area contributed by atoms with Crippen molar-refractivity contribution in [2.75, 3.05) is 34.1 Å². The van der Waals surface area contributed by atoms with Crippen LogP contribution in [0.5, 0.6) is 11.5 Å². The molecule has 1 aromatic rings. The maximum Gasteiger partial charge on any atom is 0.237 e. The number of likely N-dealkylation sites (tertiary alicyclic amines) is 1. The van der Waals surface area contributed by atoms with Crippen LogP contribution < -0.4 is 14.8 Å². The Balaban J connectivity index is 2.28. The number of nitrogens with zero attached hydrogens (tertiary/aromatic N) is 1. The Labute approximate surface area is 142 Å². The molecule has 2 rings (SSSR count). The number of rotatable bonds is 6. The van der Waals surface area contributed by atoms with Gasteiger partial charge in [0.1, 0.15) is 11.5 Å². The molecule has 0 saturated carbocycles. The van der Waals surface area contributed by atoms with Crippen LogP contribution >= 0.6 is 11.8 Å². The maximum absolute atomic E-state index is 12.1. The van der Waals surface area contributed by atoms with Gasteiger partial charge in [-0.05, 0) is 37.8 Å². The summed E-state index contributed by atoms with van der Waals surface area (Å²) in [5.74, 6) is 1.79. The molecule has 6 heteroatoms. The minimum absolute atomic E-state index is 0.0651. The monoisotopic (exact) mass is 338 g/mol. The van der Waals surface area contributed by atoms with Crippen LogP contribution in [0, 0.1) is 0 Å². The molecule has 0 aromatic heterocycles. The van der Waals surface area contributed by atoms with Crippen LogP contribution in [0.2, 0.25) is 0 Å². The van der Waals surface area contributed by atoms with Gasteiger partial charge in [-0.25, -0.2) is 0 Å². The molecule has 0 aliphatic carbocycles.